The lowest BCUT2D eigenvalue weighted by atomic mass is 10.2. The van der Waals surface area contributed by atoms with Gasteiger partial charge in [-0.15, -0.1) is 0 Å². The number of nitrogens with two attached hydrogens (primary N) is 1. The average Bonchev–Trinajstić information content (AvgIpc) is 2.66. The van der Waals surface area contributed by atoms with Crippen LogP contribution in [0.1, 0.15) is 27.2 Å². The predicted octanol–water partition coefficient (Wildman–Crippen LogP) is 2.60. The van der Waals surface area contributed by atoms with Gasteiger partial charge >= 0.3 is 0 Å². The van der Waals surface area contributed by atoms with Gasteiger partial charge in [-0.2, -0.15) is 4.37 Å². The summed E-state index contributed by atoms with van der Waals surface area (Å²) < 4.78 is 15.0. The minimum Gasteiger partial charge on any atom is -0.487 e. The summed E-state index contributed by atoms with van der Waals surface area (Å²) in [5.74, 6) is 1.72. The smallest absolute Gasteiger partial charge is 0.197 e. The van der Waals surface area contributed by atoms with E-state index in [9.17, 15) is 0 Å². The fraction of sp³-hybridized carbons (Fsp3) is 0.750. The topological polar surface area (TPSA) is 69.4 Å². The van der Waals surface area contributed by atoms with Gasteiger partial charge in [0.15, 0.2) is 16.6 Å². The molecule has 0 amide bonds. The zero-order chi connectivity index (χ0) is 13.4. The normalized spacial score (nSPS) is 10.9. The van der Waals surface area contributed by atoms with Gasteiger partial charge in [0.1, 0.15) is 0 Å². The second-order valence-electron chi connectivity index (χ2n) is 4.41. The summed E-state index contributed by atoms with van der Waals surface area (Å²) in [6, 6.07) is 0. The van der Waals surface area contributed by atoms with E-state index in [0.717, 1.165) is 31.2 Å². The Kier molecular flexibility index (Phi) is 6.82. The molecule has 0 spiro atoms. The molecule has 0 saturated heterocycles. The Morgan fingerprint density at radius 1 is 1.44 bits per heavy atom. The van der Waals surface area contributed by atoms with Crippen LogP contribution in [-0.2, 0) is 4.74 Å². The van der Waals surface area contributed by atoms with Gasteiger partial charge in [0, 0.05) is 19.8 Å². The maximum atomic E-state index is 5.72. The lowest BCUT2D eigenvalue weighted by Crippen LogP contribution is -2.08. The highest BCUT2D eigenvalue weighted by Gasteiger charge is 2.11. The van der Waals surface area contributed by atoms with Crippen LogP contribution in [0.4, 0.5) is 10.8 Å². The van der Waals surface area contributed by atoms with Gasteiger partial charge in [-0.1, -0.05) is 13.8 Å². The molecule has 0 aliphatic heterocycles. The summed E-state index contributed by atoms with van der Waals surface area (Å²) in [5, 5.41) is 4.18. The molecule has 1 heterocycles. The van der Waals surface area contributed by atoms with Crippen LogP contribution in [0.2, 0.25) is 0 Å². The van der Waals surface area contributed by atoms with Crippen molar-refractivity contribution in [2.24, 2.45) is 5.92 Å². The minimum atomic E-state index is 0.459. The van der Waals surface area contributed by atoms with Gasteiger partial charge in [-0.3, -0.25) is 0 Å². The zero-order valence-electron chi connectivity index (χ0n) is 11.4. The van der Waals surface area contributed by atoms with Gasteiger partial charge < -0.3 is 20.5 Å². The molecule has 0 aliphatic rings. The number of hydrogen-bond acceptors (Lipinski definition) is 6. The Balaban J connectivity index is 2.22. The summed E-state index contributed by atoms with van der Waals surface area (Å²) >= 11 is 1.33. The fourth-order valence-electron chi connectivity index (χ4n) is 1.39. The molecule has 1 aromatic heterocycles. The number of nitrogens with one attached hydrogen (secondary N) is 1. The molecule has 0 aliphatic carbocycles. The molecular weight excluding hydrogens is 250 g/mol. The average molecular weight is 273 g/mol. The van der Waals surface area contributed by atoms with Crippen molar-refractivity contribution in [3.8, 4) is 5.75 Å². The van der Waals surface area contributed by atoms with Crippen molar-refractivity contribution < 1.29 is 9.47 Å². The largest absolute Gasteiger partial charge is 0.487 e. The van der Waals surface area contributed by atoms with Gasteiger partial charge in [0.25, 0.3) is 0 Å². The first-order valence-corrected chi connectivity index (χ1v) is 7.12. The van der Waals surface area contributed by atoms with E-state index in [1.807, 2.05) is 6.92 Å². The van der Waals surface area contributed by atoms with E-state index in [2.05, 4.69) is 23.5 Å². The van der Waals surface area contributed by atoms with Crippen molar-refractivity contribution in [1.29, 1.82) is 0 Å². The summed E-state index contributed by atoms with van der Waals surface area (Å²) in [4.78, 5) is 0. The molecule has 104 valence electrons. The van der Waals surface area contributed by atoms with Crippen LogP contribution in [-0.4, -0.2) is 30.7 Å². The Morgan fingerprint density at radius 2 is 2.22 bits per heavy atom. The molecule has 0 aromatic carbocycles. The first kappa shape index (κ1) is 15.0. The predicted molar refractivity (Wildman–Crippen MR) is 76.5 cm³/mol. The molecule has 0 bridgehead atoms. The number of rotatable bonds is 9. The SMILES string of the molecule is CCOc1c(N)nsc1NCCCOCC(C)C. The third kappa shape index (κ3) is 5.10. The van der Waals surface area contributed by atoms with E-state index in [-0.39, 0.29) is 0 Å². The summed E-state index contributed by atoms with van der Waals surface area (Å²) in [6.45, 7) is 9.23. The van der Waals surface area contributed by atoms with Crippen LogP contribution >= 0.6 is 11.5 Å². The van der Waals surface area contributed by atoms with E-state index in [4.69, 9.17) is 15.2 Å². The van der Waals surface area contributed by atoms with E-state index < -0.39 is 0 Å². The third-order valence-electron chi connectivity index (χ3n) is 2.17. The standard InChI is InChI=1S/C12H23N3O2S/c1-4-17-10-11(13)15-18-12(10)14-6-5-7-16-8-9(2)3/h9,14H,4-8H2,1-3H3,(H2,13,15). The quantitative estimate of drug-likeness (QED) is 0.677. The molecular formula is C12H23N3O2S. The zero-order valence-corrected chi connectivity index (χ0v) is 12.2. The van der Waals surface area contributed by atoms with E-state index >= 15 is 0 Å². The van der Waals surface area contributed by atoms with E-state index in [1.165, 1.54) is 11.5 Å². The second-order valence-corrected chi connectivity index (χ2v) is 5.18. The number of nitrogens with zero attached hydrogens (tertiary/aromatic N) is 1. The van der Waals surface area contributed by atoms with Crippen LogP contribution in [0.25, 0.3) is 0 Å². The molecule has 18 heavy (non-hydrogen) atoms. The highest BCUT2D eigenvalue weighted by Crippen LogP contribution is 2.34. The Labute approximate surface area is 113 Å². The second kappa shape index (κ2) is 8.16. The Morgan fingerprint density at radius 3 is 2.89 bits per heavy atom. The first-order valence-electron chi connectivity index (χ1n) is 6.34. The van der Waals surface area contributed by atoms with Crippen LogP contribution in [0, 0.1) is 5.92 Å². The van der Waals surface area contributed by atoms with E-state index in [0.29, 0.717) is 24.1 Å². The number of anilines is 2. The van der Waals surface area contributed by atoms with Crippen molar-refractivity contribution >= 4 is 22.4 Å². The minimum absolute atomic E-state index is 0.459. The molecule has 6 heteroatoms. The van der Waals surface area contributed by atoms with Crippen LogP contribution < -0.4 is 15.8 Å². The molecule has 3 N–H and O–H groups in total. The molecule has 0 atom stereocenters. The van der Waals surface area contributed by atoms with Crippen molar-refractivity contribution in [3.05, 3.63) is 0 Å². The maximum absolute atomic E-state index is 5.72. The third-order valence-corrected chi connectivity index (χ3v) is 2.97. The van der Waals surface area contributed by atoms with Gasteiger partial charge in [-0.05, 0) is 30.8 Å². The maximum Gasteiger partial charge on any atom is 0.197 e. The van der Waals surface area contributed by atoms with Crippen molar-refractivity contribution in [1.82, 2.24) is 4.37 Å². The lowest BCUT2D eigenvalue weighted by Gasteiger charge is -2.08. The summed E-state index contributed by atoms with van der Waals surface area (Å²) in [7, 11) is 0. The van der Waals surface area contributed by atoms with Crippen molar-refractivity contribution in [3.63, 3.8) is 0 Å². The number of nitrogen functional groups attached to an aromatic ring is 1. The highest BCUT2D eigenvalue weighted by molar-refractivity contribution is 7.11. The molecule has 0 saturated carbocycles. The lowest BCUT2D eigenvalue weighted by molar-refractivity contribution is 0.110. The molecule has 1 aromatic rings. The molecule has 0 fully saturated rings. The van der Waals surface area contributed by atoms with Crippen molar-refractivity contribution in [2.75, 3.05) is 37.4 Å². The molecule has 5 nitrogen and oxygen atoms in total. The van der Waals surface area contributed by atoms with Crippen LogP contribution in [0.15, 0.2) is 0 Å². The van der Waals surface area contributed by atoms with Crippen LogP contribution in [0.3, 0.4) is 0 Å². The summed E-state index contributed by atoms with van der Waals surface area (Å²) in [6.07, 6.45) is 0.954. The number of aromatic nitrogens is 1. The monoisotopic (exact) mass is 273 g/mol. The summed E-state index contributed by atoms with van der Waals surface area (Å²) in [5.41, 5.74) is 5.72. The van der Waals surface area contributed by atoms with Crippen LogP contribution in [0.5, 0.6) is 5.75 Å². The fourth-order valence-corrected chi connectivity index (χ4v) is 2.07. The molecule has 0 radical (unpaired) electrons. The van der Waals surface area contributed by atoms with Gasteiger partial charge in [-0.25, -0.2) is 0 Å². The van der Waals surface area contributed by atoms with Crippen molar-refractivity contribution in [2.45, 2.75) is 27.2 Å². The highest BCUT2D eigenvalue weighted by atomic mass is 32.1. The number of ether oxygens (including phenoxy) is 2. The Hall–Kier alpha value is -1.01. The van der Waals surface area contributed by atoms with Gasteiger partial charge in [0.05, 0.1) is 6.61 Å². The molecule has 0 unspecified atom stereocenters. The number of hydrogen-bond donors (Lipinski definition) is 2. The molecule has 1 rings (SSSR count). The Bertz CT molecular complexity index is 342. The van der Waals surface area contributed by atoms with E-state index in [1.54, 1.807) is 0 Å². The first-order chi connectivity index (χ1) is 8.65. The van der Waals surface area contributed by atoms with Gasteiger partial charge in [0.2, 0.25) is 0 Å².